The van der Waals surface area contributed by atoms with E-state index in [0.717, 1.165) is 17.5 Å². The summed E-state index contributed by atoms with van der Waals surface area (Å²) in [7, 11) is 0. The summed E-state index contributed by atoms with van der Waals surface area (Å²) in [5.74, 6) is 0.553. The topological polar surface area (TPSA) is 160 Å². The summed E-state index contributed by atoms with van der Waals surface area (Å²) in [5.41, 5.74) is 1.05. The van der Waals surface area contributed by atoms with E-state index in [9.17, 15) is 19.6 Å². The zero-order chi connectivity index (χ0) is 29.1. The number of tetrazole rings is 1. The molecule has 2 bridgehead atoms. The van der Waals surface area contributed by atoms with Crippen LogP contribution in [0.5, 0.6) is 0 Å². The maximum absolute atomic E-state index is 13.8. The van der Waals surface area contributed by atoms with Gasteiger partial charge in [0.15, 0.2) is 0 Å². The van der Waals surface area contributed by atoms with Crippen molar-refractivity contribution < 1.29 is 19.1 Å². The number of nitrogens with zero attached hydrogens (tertiary/aromatic N) is 7. The summed E-state index contributed by atoms with van der Waals surface area (Å²) in [6.45, 7) is 8.05. The van der Waals surface area contributed by atoms with Crippen molar-refractivity contribution in [3.05, 3.63) is 29.8 Å². The zero-order valence-electron chi connectivity index (χ0n) is 23.6. The van der Waals surface area contributed by atoms with Gasteiger partial charge in [0, 0.05) is 30.7 Å². The van der Waals surface area contributed by atoms with Gasteiger partial charge in [0.2, 0.25) is 17.6 Å². The molecule has 0 spiro atoms. The number of rotatable bonds is 7. The molecular formula is C28H35N9O4. The molecule has 13 heteroatoms. The van der Waals surface area contributed by atoms with E-state index < -0.39 is 29.8 Å². The SMILES string of the molecule is C[C@H](c1cccc(-c2nn[nH]n2)c1)N1C(=O)[C@@H]2C[C@H]1CN2C[C@H](NC(=O)OC(C)(C)C)C(=O)N1C(C#N)CC2C[C@@H]21. The maximum Gasteiger partial charge on any atom is 0.408 e. The van der Waals surface area contributed by atoms with Crippen molar-refractivity contribution in [3.8, 4) is 17.5 Å². The molecule has 4 aliphatic rings. The standard InChI is InChI=1S/C28H35N9O4/c1-15(16-6-5-7-17(8-16)24-31-33-34-32-24)36-20-11-23(26(36)39)35(13-20)14-21(30-27(40)41-28(2,3)4)25(38)37-19(12-29)9-18-10-22(18)37/h5-8,15,18-23H,9-11,13-14H2,1-4H3,(H,30,40)(H,31,32,33,34)/t15-,18?,19?,20+,21+,22+,23+/m1/s1. The Morgan fingerprint density at radius 3 is 2.76 bits per heavy atom. The number of hydrogen-bond acceptors (Lipinski definition) is 9. The quantitative estimate of drug-likeness (QED) is 0.512. The first-order chi connectivity index (χ1) is 19.5. The van der Waals surface area contributed by atoms with Crippen molar-refractivity contribution in [3.63, 3.8) is 0 Å². The van der Waals surface area contributed by atoms with Gasteiger partial charge in [-0.3, -0.25) is 14.5 Å². The van der Waals surface area contributed by atoms with Crippen LogP contribution in [-0.2, 0) is 14.3 Å². The molecule has 13 nitrogen and oxygen atoms in total. The molecule has 1 aromatic heterocycles. The molecule has 41 heavy (non-hydrogen) atoms. The van der Waals surface area contributed by atoms with Crippen molar-refractivity contribution in [2.45, 2.75) is 88.8 Å². The van der Waals surface area contributed by atoms with Gasteiger partial charge in [0.05, 0.1) is 18.2 Å². The summed E-state index contributed by atoms with van der Waals surface area (Å²) in [5, 5.41) is 26.6. The minimum atomic E-state index is -0.926. The number of aromatic amines is 1. The van der Waals surface area contributed by atoms with Crippen molar-refractivity contribution in [1.82, 2.24) is 40.6 Å². The molecule has 1 saturated carbocycles. The number of carbonyl (C=O) groups is 3. The number of aromatic nitrogens is 4. The first kappa shape index (κ1) is 27.1. The van der Waals surface area contributed by atoms with E-state index >= 15 is 0 Å². The second kappa shape index (κ2) is 10.1. The van der Waals surface area contributed by atoms with Crippen molar-refractivity contribution in [2.24, 2.45) is 5.92 Å². The Bertz CT molecular complexity index is 1380. The van der Waals surface area contributed by atoms with Crippen LogP contribution in [0, 0.1) is 17.2 Å². The number of fused-ring (bicyclic) bond motifs is 3. The van der Waals surface area contributed by atoms with Crippen LogP contribution in [0.4, 0.5) is 4.79 Å². The summed E-state index contributed by atoms with van der Waals surface area (Å²) >= 11 is 0. The number of benzene rings is 1. The fourth-order valence-electron chi connectivity index (χ4n) is 6.72. The highest BCUT2D eigenvalue weighted by Gasteiger charge is 2.56. The smallest absolute Gasteiger partial charge is 0.408 e. The fraction of sp³-hybridized carbons (Fsp3) is 0.607. The van der Waals surface area contributed by atoms with Crippen LogP contribution in [0.2, 0.25) is 0 Å². The molecule has 2 unspecified atom stereocenters. The van der Waals surface area contributed by atoms with Crippen LogP contribution >= 0.6 is 0 Å². The Labute approximate surface area is 238 Å². The van der Waals surface area contributed by atoms with E-state index in [-0.39, 0.29) is 36.5 Å². The molecule has 2 aromatic rings. The fourth-order valence-corrected chi connectivity index (χ4v) is 6.72. The minimum absolute atomic E-state index is 0.000474. The van der Waals surface area contributed by atoms with Crippen LogP contribution in [0.3, 0.4) is 0 Å². The highest BCUT2D eigenvalue weighted by Crippen LogP contribution is 2.48. The maximum atomic E-state index is 13.8. The largest absolute Gasteiger partial charge is 0.444 e. The second-order valence-electron chi connectivity index (χ2n) is 12.5. The van der Waals surface area contributed by atoms with E-state index in [0.29, 0.717) is 31.1 Å². The number of likely N-dealkylation sites (tertiary alicyclic amines) is 3. The number of carbonyl (C=O) groups excluding carboxylic acids is 3. The first-order valence-electron chi connectivity index (χ1n) is 14.2. The molecular weight excluding hydrogens is 526 g/mol. The molecule has 3 amide bonds. The molecule has 3 aliphatic heterocycles. The van der Waals surface area contributed by atoms with Crippen LogP contribution in [0.15, 0.2) is 24.3 Å². The number of nitriles is 1. The molecule has 1 aliphatic carbocycles. The van der Waals surface area contributed by atoms with E-state index in [1.54, 1.807) is 25.7 Å². The lowest BCUT2D eigenvalue weighted by Gasteiger charge is -2.39. The number of amides is 3. The number of nitrogens with one attached hydrogen (secondary N) is 2. The number of piperazine rings is 1. The molecule has 4 heterocycles. The number of alkyl carbamates (subject to hydrolysis) is 1. The Balaban J connectivity index is 1.17. The number of ether oxygens (including phenoxy) is 1. The molecule has 3 saturated heterocycles. The molecule has 1 aromatic carbocycles. The van der Waals surface area contributed by atoms with Crippen LogP contribution < -0.4 is 5.32 Å². The lowest BCUT2D eigenvalue weighted by atomic mass is 10.0. The van der Waals surface area contributed by atoms with E-state index in [1.165, 1.54) is 0 Å². The third-order valence-electron chi connectivity index (χ3n) is 8.62. The van der Waals surface area contributed by atoms with Gasteiger partial charge in [-0.1, -0.05) is 18.2 Å². The summed E-state index contributed by atoms with van der Waals surface area (Å²) in [6.07, 6.45) is 1.51. The lowest BCUT2D eigenvalue weighted by Crippen LogP contribution is -2.59. The molecule has 6 rings (SSSR count). The number of piperidine rings is 1. The monoisotopic (exact) mass is 561 g/mol. The van der Waals surface area contributed by atoms with Gasteiger partial charge >= 0.3 is 6.09 Å². The summed E-state index contributed by atoms with van der Waals surface area (Å²) < 4.78 is 5.46. The van der Waals surface area contributed by atoms with Crippen LogP contribution in [0.25, 0.3) is 11.4 Å². The summed E-state index contributed by atoms with van der Waals surface area (Å²) in [6, 6.07) is 8.06. The lowest BCUT2D eigenvalue weighted by molar-refractivity contribution is -0.141. The third kappa shape index (κ3) is 5.12. The van der Waals surface area contributed by atoms with E-state index in [2.05, 4.69) is 32.0 Å². The van der Waals surface area contributed by atoms with Crippen molar-refractivity contribution >= 4 is 17.9 Å². The Kier molecular flexibility index (Phi) is 6.68. The normalized spacial score (nSPS) is 28.3. The predicted octanol–water partition coefficient (Wildman–Crippen LogP) is 1.62. The van der Waals surface area contributed by atoms with Gasteiger partial charge in [-0.15, -0.1) is 10.2 Å². The van der Waals surface area contributed by atoms with Crippen LogP contribution in [0.1, 0.15) is 58.6 Å². The number of H-pyrrole nitrogens is 1. The van der Waals surface area contributed by atoms with Gasteiger partial charge in [0.25, 0.3) is 0 Å². The van der Waals surface area contributed by atoms with Gasteiger partial charge in [-0.05, 0) is 69.7 Å². The van der Waals surface area contributed by atoms with Gasteiger partial charge < -0.3 is 19.9 Å². The third-order valence-corrected chi connectivity index (χ3v) is 8.62. The van der Waals surface area contributed by atoms with E-state index in [4.69, 9.17) is 4.74 Å². The number of hydrogen-bond donors (Lipinski definition) is 2. The average Bonchev–Trinajstić information content (AvgIpc) is 3.36. The van der Waals surface area contributed by atoms with Gasteiger partial charge in [-0.2, -0.15) is 10.5 Å². The molecule has 2 N–H and O–H groups in total. The zero-order valence-corrected chi connectivity index (χ0v) is 23.6. The Hall–Kier alpha value is -4.05. The van der Waals surface area contributed by atoms with Gasteiger partial charge in [0.1, 0.15) is 17.7 Å². The minimum Gasteiger partial charge on any atom is -0.444 e. The Morgan fingerprint density at radius 1 is 1.27 bits per heavy atom. The molecule has 0 radical (unpaired) electrons. The first-order valence-corrected chi connectivity index (χ1v) is 14.2. The molecule has 4 fully saturated rings. The van der Waals surface area contributed by atoms with E-state index in [1.807, 2.05) is 41.0 Å². The average molecular weight is 562 g/mol. The molecule has 216 valence electrons. The van der Waals surface area contributed by atoms with Crippen molar-refractivity contribution in [2.75, 3.05) is 13.1 Å². The summed E-state index contributed by atoms with van der Waals surface area (Å²) in [4.78, 5) is 45.8. The van der Waals surface area contributed by atoms with Crippen LogP contribution in [-0.4, -0.2) is 102 Å². The van der Waals surface area contributed by atoms with Crippen molar-refractivity contribution in [1.29, 1.82) is 5.26 Å². The Morgan fingerprint density at radius 2 is 2.07 bits per heavy atom. The highest BCUT2D eigenvalue weighted by atomic mass is 16.6. The van der Waals surface area contributed by atoms with Gasteiger partial charge in [-0.25, -0.2) is 4.79 Å². The highest BCUT2D eigenvalue weighted by molar-refractivity contribution is 5.89. The molecule has 7 atom stereocenters. The second-order valence-corrected chi connectivity index (χ2v) is 12.5. The predicted molar refractivity (Wildman–Crippen MR) is 145 cm³/mol.